The van der Waals surface area contributed by atoms with Gasteiger partial charge in [-0.05, 0) is 50.3 Å². The number of likely N-dealkylation sites (tertiary alicyclic amines) is 1. The van der Waals surface area contributed by atoms with E-state index in [9.17, 15) is 9.59 Å². The van der Waals surface area contributed by atoms with Gasteiger partial charge in [0.15, 0.2) is 0 Å². The molecule has 0 N–H and O–H groups in total. The van der Waals surface area contributed by atoms with E-state index in [1.807, 2.05) is 42.3 Å². The molecule has 3 aliphatic heterocycles. The average molecular weight is 428 g/mol. The molecule has 4 rings (SSSR count). The predicted octanol–water partition coefficient (Wildman–Crippen LogP) is 2.95. The summed E-state index contributed by atoms with van der Waals surface area (Å²) < 4.78 is 5.35. The summed E-state index contributed by atoms with van der Waals surface area (Å²) in [6.07, 6.45) is 6.52. The van der Waals surface area contributed by atoms with Gasteiger partial charge in [-0.25, -0.2) is 0 Å². The van der Waals surface area contributed by atoms with Gasteiger partial charge in [-0.15, -0.1) is 0 Å². The Labute approximate surface area is 186 Å². The molecule has 6 nitrogen and oxygen atoms in total. The minimum absolute atomic E-state index is 0.0509. The molecule has 0 saturated carbocycles. The normalized spacial score (nSPS) is 29.1. The first-order valence-electron chi connectivity index (χ1n) is 11.9. The van der Waals surface area contributed by atoms with Crippen molar-refractivity contribution < 1.29 is 14.3 Å². The fourth-order valence-electron chi connectivity index (χ4n) is 6.00. The average Bonchev–Trinajstić information content (AvgIpc) is 3.11. The van der Waals surface area contributed by atoms with E-state index in [0.29, 0.717) is 31.5 Å². The van der Waals surface area contributed by atoms with Crippen molar-refractivity contribution in [3.8, 4) is 0 Å². The first-order chi connectivity index (χ1) is 15.1. The van der Waals surface area contributed by atoms with Gasteiger partial charge >= 0.3 is 0 Å². The Kier molecular flexibility index (Phi) is 7.28. The van der Waals surface area contributed by atoms with E-state index in [0.717, 1.165) is 12.1 Å². The Morgan fingerprint density at radius 3 is 2.68 bits per heavy atom. The van der Waals surface area contributed by atoms with Crippen LogP contribution >= 0.6 is 0 Å². The molecule has 0 aliphatic carbocycles. The van der Waals surface area contributed by atoms with E-state index >= 15 is 0 Å². The summed E-state index contributed by atoms with van der Waals surface area (Å²) >= 11 is 0. The molecule has 3 heterocycles. The summed E-state index contributed by atoms with van der Waals surface area (Å²) in [4.78, 5) is 32.9. The highest BCUT2D eigenvalue weighted by atomic mass is 16.5. The number of rotatable bonds is 7. The quantitative estimate of drug-likeness (QED) is 0.671. The second kappa shape index (κ2) is 10.1. The summed E-state index contributed by atoms with van der Waals surface area (Å²) in [5.41, 5.74) is 1.04. The molecule has 0 aromatic heterocycles. The van der Waals surface area contributed by atoms with Gasteiger partial charge in [-0.1, -0.05) is 36.8 Å². The minimum atomic E-state index is -0.331. The van der Waals surface area contributed by atoms with E-state index in [2.05, 4.69) is 4.90 Å². The molecule has 1 aromatic rings. The molecule has 4 atom stereocenters. The summed E-state index contributed by atoms with van der Waals surface area (Å²) in [6.45, 7) is 4.30. The maximum Gasteiger partial charge on any atom is 0.228 e. The molecule has 1 aromatic carbocycles. The number of carbonyl (C=O) groups is 2. The zero-order chi connectivity index (χ0) is 21.8. The van der Waals surface area contributed by atoms with Crippen LogP contribution in [-0.4, -0.2) is 79.5 Å². The third-order valence-electron chi connectivity index (χ3n) is 7.61. The fourth-order valence-corrected chi connectivity index (χ4v) is 6.00. The van der Waals surface area contributed by atoms with Crippen LogP contribution < -0.4 is 0 Å². The fraction of sp³-hybridized carbons (Fsp3) is 0.680. The predicted molar refractivity (Wildman–Crippen MR) is 120 cm³/mol. The third kappa shape index (κ3) is 4.80. The summed E-state index contributed by atoms with van der Waals surface area (Å²) in [6, 6.07) is 10.4. The van der Waals surface area contributed by atoms with E-state index in [1.54, 1.807) is 12.0 Å². The molecule has 31 heavy (non-hydrogen) atoms. The van der Waals surface area contributed by atoms with Crippen LogP contribution in [0.3, 0.4) is 0 Å². The van der Waals surface area contributed by atoms with Gasteiger partial charge < -0.3 is 19.4 Å². The number of hydrogen-bond acceptors (Lipinski definition) is 4. The number of piperidine rings is 2. The van der Waals surface area contributed by atoms with Gasteiger partial charge in [-0.3, -0.25) is 9.59 Å². The molecule has 0 spiro atoms. The number of nitrogens with zero attached hydrogens (tertiary/aromatic N) is 3. The van der Waals surface area contributed by atoms with E-state index in [4.69, 9.17) is 4.74 Å². The van der Waals surface area contributed by atoms with Crippen LogP contribution in [0, 0.1) is 11.8 Å². The molecule has 170 valence electrons. The Bertz CT molecular complexity index is 754. The standard InChI is InChI=1S/C25H37N3O3/c1-26-23(29)17-21(24(26)19-9-4-3-5-10-19)25(30)28(15-16-31-2)18-20-11-8-14-27-13-7-6-12-22(20)27/h3-5,9-10,20-22,24H,6-8,11-18H2,1-2H3/t20-,21+,22+,24-/m0/s1. The van der Waals surface area contributed by atoms with Crippen molar-refractivity contribution >= 4 is 11.8 Å². The molecule has 0 bridgehead atoms. The Balaban J connectivity index is 1.53. The molecule has 0 unspecified atom stereocenters. The lowest BCUT2D eigenvalue weighted by atomic mass is 9.83. The first kappa shape index (κ1) is 22.3. The summed E-state index contributed by atoms with van der Waals surface area (Å²) in [5, 5.41) is 0. The van der Waals surface area contributed by atoms with Crippen LogP contribution in [0.1, 0.15) is 50.1 Å². The van der Waals surface area contributed by atoms with Gasteiger partial charge in [0.05, 0.1) is 18.6 Å². The van der Waals surface area contributed by atoms with Crippen LogP contribution in [0.25, 0.3) is 0 Å². The van der Waals surface area contributed by atoms with Gasteiger partial charge in [0.1, 0.15) is 0 Å². The Hall–Kier alpha value is -1.92. The number of methoxy groups -OCH3 is 1. The van der Waals surface area contributed by atoms with E-state index in [-0.39, 0.29) is 23.8 Å². The maximum absolute atomic E-state index is 13.8. The van der Waals surface area contributed by atoms with Crippen LogP contribution in [-0.2, 0) is 14.3 Å². The van der Waals surface area contributed by atoms with Crippen molar-refractivity contribution in [2.75, 3.05) is 46.9 Å². The highest BCUT2D eigenvalue weighted by molar-refractivity contribution is 5.90. The number of benzene rings is 1. The van der Waals surface area contributed by atoms with Crippen LogP contribution in [0.5, 0.6) is 0 Å². The number of hydrogen-bond donors (Lipinski definition) is 0. The van der Waals surface area contributed by atoms with Crippen molar-refractivity contribution in [1.29, 1.82) is 0 Å². The number of carbonyl (C=O) groups excluding carboxylic acids is 2. The van der Waals surface area contributed by atoms with Crippen molar-refractivity contribution in [2.45, 2.75) is 50.6 Å². The van der Waals surface area contributed by atoms with Gasteiger partial charge in [0, 0.05) is 39.7 Å². The molecule has 0 radical (unpaired) electrons. The van der Waals surface area contributed by atoms with Crippen molar-refractivity contribution in [2.24, 2.45) is 11.8 Å². The van der Waals surface area contributed by atoms with E-state index in [1.165, 1.54) is 45.2 Å². The van der Waals surface area contributed by atoms with Gasteiger partial charge in [-0.2, -0.15) is 0 Å². The molecule has 3 saturated heterocycles. The van der Waals surface area contributed by atoms with Gasteiger partial charge in [0.2, 0.25) is 11.8 Å². The molecule has 6 heteroatoms. The zero-order valence-electron chi connectivity index (χ0n) is 19.0. The molecule has 3 aliphatic rings. The SMILES string of the molecule is COCCN(C[C@@H]1CCCN2CCCC[C@H]12)C(=O)[C@@H]1CC(=O)N(C)[C@H]1c1ccccc1. The Morgan fingerprint density at radius 1 is 1.13 bits per heavy atom. The second-order valence-electron chi connectivity index (χ2n) is 9.45. The molecular weight excluding hydrogens is 390 g/mol. The minimum Gasteiger partial charge on any atom is -0.383 e. The number of ether oxygens (including phenoxy) is 1. The highest BCUT2D eigenvalue weighted by Crippen LogP contribution is 2.39. The largest absolute Gasteiger partial charge is 0.383 e. The van der Waals surface area contributed by atoms with Crippen LogP contribution in [0.15, 0.2) is 30.3 Å². The smallest absolute Gasteiger partial charge is 0.228 e. The maximum atomic E-state index is 13.8. The number of amides is 2. The first-order valence-corrected chi connectivity index (χ1v) is 11.9. The molecule has 3 fully saturated rings. The monoisotopic (exact) mass is 427 g/mol. The topological polar surface area (TPSA) is 53.1 Å². The second-order valence-corrected chi connectivity index (χ2v) is 9.45. The van der Waals surface area contributed by atoms with Crippen molar-refractivity contribution in [3.05, 3.63) is 35.9 Å². The number of fused-ring (bicyclic) bond motifs is 1. The third-order valence-corrected chi connectivity index (χ3v) is 7.61. The van der Waals surface area contributed by atoms with Crippen molar-refractivity contribution in [1.82, 2.24) is 14.7 Å². The summed E-state index contributed by atoms with van der Waals surface area (Å²) in [5.74, 6) is 0.342. The zero-order valence-corrected chi connectivity index (χ0v) is 19.0. The highest BCUT2D eigenvalue weighted by Gasteiger charge is 2.45. The van der Waals surface area contributed by atoms with E-state index < -0.39 is 0 Å². The lowest BCUT2D eigenvalue weighted by molar-refractivity contribution is -0.138. The van der Waals surface area contributed by atoms with Crippen molar-refractivity contribution in [3.63, 3.8) is 0 Å². The molecular formula is C25H37N3O3. The summed E-state index contributed by atoms with van der Waals surface area (Å²) in [7, 11) is 3.51. The lowest BCUT2D eigenvalue weighted by Crippen LogP contribution is -2.52. The Morgan fingerprint density at radius 2 is 1.90 bits per heavy atom. The molecule has 2 amide bonds. The van der Waals surface area contributed by atoms with Gasteiger partial charge in [0.25, 0.3) is 0 Å². The van der Waals surface area contributed by atoms with Crippen LogP contribution in [0.2, 0.25) is 0 Å². The van der Waals surface area contributed by atoms with Crippen LogP contribution in [0.4, 0.5) is 0 Å². The lowest BCUT2D eigenvalue weighted by Gasteiger charge is -2.46.